The van der Waals surface area contributed by atoms with Gasteiger partial charge in [0.25, 0.3) is 0 Å². The van der Waals surface area contributed by atoms with Crippen molar-refractivity contribution < 1.29 is 4.74 Å². The summed E-state index contributed by atoms with van der Waals surface area (Å²) in [6, 6.07) is 29.9. The zero-order valence-corrected chi connectivity index (χ0v) is 19.7. The largest absolute Gasteiger partial charge is 0.457 e. The van der Waals surface area contributed by atoms with E-state index in [0.717, 1.165) is 62.3 Å². The fraction of sp³-hybridized carbons (Fsp3) is 0.0667. The van der Waals surface area contributed by atoms with Gasteiger partial charge in [-0.3, -0.25) is 15.0 Å². The molecule has 6 heteroatoms. The molecule has 3 heterocycles. The lowest BCUT2D eigenvalue weighted by Gasteiger charge is -2.07. The second-order valence-electron chi connectivity index (χ2n) is 8.57. The molecule has 0 bridgehead atoms. The molecule has 36 heavy (non-hydrogen) atoms. The van der Waals surface area contributed by atoms with Crippen molar-refractivity contribution in [1.29, 1.82) is 0 Å². The van der Waals surface area contributed by atoms with Crippen LogP contribution in [0, 0.1) is 6.92 Å². The Hall–Kier alpha value is -4.84. The van der Waals surface area contributed by atoms with Crippen LogP contribution in [0.5, 0.6) is 11.5 Å². The average molecular weight is 470 g/mol. The Bertz CT molecular complexity index is 1660. The number of aryl methyl sites for hydroxylation is 1. The highest BCUT2D eigenvalue weighted by Crippen LogP contribution is 2.31. The number of hydrogen-bond donors (Lipinski definition) is 1. The van der Waals surface area contributed by atoms with Gasteiger partial charge in [0.05, 0.1) is 28.1 Å². The number of H-pyrrole nitrogens is 1. The first-order chi connectivity index (χ1) is 17.7. The molecular weight excluding hydrogens is 446 g/mol. The molecule has 0 saturated heterocycles. The molecule has 0 aliphatic rings. The number of aromatic nitrogens is 5. The van der Waals surface area contributed by atoms with E-state index in [4.69, 9.17) is 14.7 Å². The topological polar surface area (TPSA) is 76.6 Å². The van der Waals surface area contributed by atoms with E-state index in [1.165, 1.54) is 0 Å². The van der Waals surface area contributed by atoms with E-state index >= 15 is 0 Å². The Balaban J connectivity index is 1.38. The van der Waals surface area contributed by atoms with Gasteiger partial charge in [-0.1, -0.05) is 42.5 Å². The predicted molar refractivity (Wildman–Crippen MR) is 141 cm³/mol. The third-order valence-electron chi connectivity index (χ3n) is 5.89. The molecule has 0 aliphatic heterocycles. The van der Waals surface area contributed by atoms with Crippen molar-refractivity contribution >= 4 is 11.0 Å². The second-order valence-corrected chi connectivity index (χ2v) is 8.57. The van der Waals surface area contributed by atoms with Crippen LogP contribution < -0.4 is 4.74 Å². The van der Waals surface area contributed by atoms with Crippen molar-refractivity contribution in [1.82, 2.24) is 24.9 Å². The molecule has 0 unspecified atom stereocenters. The fourth-order valence-electron chi connectivity index (χ4n) is 4.23. The highest BCUT2D eigenvalue weighted by molar-refractivity contribution is 5.84. The van der Waals surface area contributed by atoms with Crippen LogP contribution in [0.25, 0.3) is 33.7 Å². The van der Waals surface area contributed by atoms with Crippen molar-refractivity contribution in [3.8, 4) is 34.1 Å². The number of para-hydroxylation sites is 1. The summed E-state index contributed by atoms with van der Waals surface area (Å²) in [6.07, 6.45) is 4.03. The third-order valence-corrected chi connectivity index (χ3v) is 5.89. The van der Waals surface area contributed by atoms with Crippen LogP contribution in [0.1, 0.15) is 17.1 Å². The first kappa shape index (κ1) is 21.7. The molecule has 3 aromatic carbocycles. The van der Waals surface area contributed by atoms with E-state index in [1.54, 1.807) is 12.4 Å². The van der Waals surface area contributed by atoms with Gasteiger partial charge in [0.15, 0.2) is 0 Å². The summed E-state index contributed by atoms with van der Waals surface area (Å²) in [5.41, 5.74) is 7.26. The minimum Gasteiger partial charge on any atom is -0.457 e. The minimum atomic E-state index is 0.623. The van der Waals surface area contributed by atoms with Crippen molar-refractivity contribution in [3.63, 3.8) is 0 Å². The van der Waals surface area contributed by atoms with Crippen LogP contribution in [0.4, 0.5) is 0 Å². The molecular formula is C30H23N5O. The zero-order valence-electron chi connectivity index (χ0n) is 19.7. The highest BCUT2D eigenvalue weighted by Gasteiger charge is 2.17. The number of pyridine rings is 1. The first-order valence-electron chi connectivity index (χ1n) is 11.8. The Kier molecular flexibility index (Phi) is 5.68. The zero-order chi connectivity index (χ0) is 24.3. The Morgan fingerprint density at radius 3 is 2.39 bits per heavy atom. The number of fused-ring (bicyclic) bond motifs is 1. The number of hydrogen-bond acceptors (Lipinski definition) is 5. The van der Waals surface area contributed by atoms with E-state index in [-0.39, 0.29) is 0 Å². The summed E-state index contributed by atoms with van der Waals surface area (Å²) in [6.45, 7) is 1.99. The van der Waals surface area contributed by atoms with E-state index in [2.05, 4.69) is 21.0 Å². The molecule has 0 fully saturated rings. The third kappa shape index (κ3) is 4.57. The number of aromatic amines is 1. The number of ether oxygens (including phenoxy) is 1. The minimum absolute atomic E-state index is 0.623. The lowest BCUT2D eigenvalue weighted by Crippen LogP contribution is -1.92. The standard InChI is InChI=1S/C30H23N5O/c1-20-7-5-12-26(33-20)30-29(22-13-14-25-27(19-22)32-16-15-31-25)34-28(35-30)18-21-8-6-11-24(17-21)36-23-9-3-2-4-10-23/h2-17,19H,18H2,1H3,(H,34,35). The molecule has 0 spiro atoms. The first-order valence-corrected chi connectivity index (χ1v) is 11.8. The Labute approximate surface area is 208 Å². The molecule has 0 amide bonds. The highest BCUT2D eigenvalue weighted by atomic mass is 16.5. The lowest BCUT2D eigenvalue weighted by molar-refractivity contribution is 0.482. The van der Waals surface area contributed by atoms with Crippen molar-refractivity contribution in [2.45, 2.75) is 13.3 Å². The molecule has 0 atom stereocenters. The van der Waals surface area contributed by atoms with Crippen LogP contribution in [0.15, 0.2) is 103 Å². The molecule has 3 aromatic heterocycles. The second kappa shape index (κ2) is 9.43. The molecule has 174 valence electrons. The smallest absolute Gasteiger partial charge is 0.127 e. The molecule has 1 N–H and O–H groups in total. The van der Waals surface area contributed by atoms with Gasteiger partial charge in [-0.2, -0.15) is 0 Å². The summed E-state index contributed by atoms with van der Waals surface area (Å²) in [4.78, 5) is 22.2. The van der Waals surface area contributed by atoms with E-state index in [1.807, 2.05) is 91.9 Å². The Morgan fingerprint density at radius 1 is 0.722 bits per heavy atom. The number of benzene rings is 3. The van der Waals surface area contributed by atoms with Gasteiger partial charge in [-0.15, -0.1) is 0 Å². The van der Waals surface area contributed by atoms with Gasteiger partial charge in [-0.25, -0.2) is 4.98 Å². The van der Waals surface area contributed by atoms with Crippen molar-refractivity contribution in [3.05, 3.63) is 120 Å². The van der Waals surface area contributed by atoms with Crippen molar-refractivity contribution in [2.24, 2.45) is 0 Å². The lowest BCUT2D eigenvalue weighted by atomic mass is 10.1. The van der Waals surface area contributed by atoms with Crippen LogP contribution in [0.2, 0.25) is 0 Å². The normalized spacial score (nSPS) is 11.0. The maximum absolute atomic E-state index is 6.02. The SMILES string of the molecule is Cc1cccc(-c2[nH]c(Cc3cccc(Oc4ccccc4)c3)nc2-c2ccc3nccnc3c2)n1. The van der Waals surface area contributed by atoms with Gasteiger partial charge in [-0.05, 0) is 61.0 Å². The van der Waals surface area contributed by atoms with E-state index in [0.29, 0.717) is 6.42 Å². The summed E-state index contributed by atoms with van der Waals surface area (Å²) < 4.78 is 6.02. The molecule has 0 saturated carbocycles. The maximum Gasteiger partial charge on any atom is 0.127 e. The van der Waals surface area contributed by atoms with Crippen LogP contribution in [-0.4, -0.2) is 24.9 Å². The van der Waals surface area contributed by atoms with E-state index < -0.39 is 0 Å². The van der Waals surface area contributed by atoms with Gasteiger partial charge >= 0.3 is 0 Å². The number of nitrogens with one attached hydrogen (secondary N) is 1. The van der Waals surface area contributed by atoms with Gasteiger partial charge in [0, 0.05) is 30.1 Å². The molecule has 0 aliphatic carbocycles. The fourth-order valence-corrected chi connectivity index (χ4v) is 4.23. The number of nitrogens with zero attached hydrogens (tertiary/aromatic N) is 4. The predicted octanol–water partition coefficient (Wildman–Crippen LogP) is 6.77. The molecule has 0 radical (unpaired) electrons. The molecule has 6 rings (SSSR count). The van der Waals surface area contributed by atoms with Gasteiger partial charge in [0.1, 0.15) is 17.3 Å². The monoisotopic (exact) mass is 469 g/mol. The summed E-state index contributed by atoms with van der Waals surface area (Å²) in [5.74, 6) is 2.45. The quantitative estimate of drug-likeness (QED) is 0.291. The van der Waals surface area contributed by atoms with Crippen LogP contribution in [0.3, 0.4) is 0 Å². The van der Waals surface area contributed by atoms with Crippen molar-refractivity contribution in [2.75, 3.05) is 0 Å². The number of imidazole rings is 1. The van der Waals surface area contributed by atoms with Gasteiger partial charge < -0.3 is 9.72 Å². The number of rotatable bonds is 6. The summed E-state index contributed by atoms with van der Waals surface area (Å²) in [7, 11) is 0. The average Bonchev–Trinajstić information content (AvgIpc) is 3.33. The summed E-state index contributed by atoms with van der Waals surface area (Å²) in [5, 5.41) is 0. The summed E-state index contributed by atoms with van der Waals surface area (Å²) >= 11 is 0. The maximum atomic E-state index is 6.02. The molecule has 6 aromatic rings. The van der Waals surface area contributed by atoms with Gasteiger partial charge in [0.2, 0.25) is 0 Å². The van der Waals surface area contributed by atoms with Crippen LogP contribution in [-0.2, 0) is 6.42 Å². The Morgan fingerprint density at radius 2 is 1.53 bits per heavy atom. The molecule has 6 nitrogen and oxygen atoms in total. The van der Waals surface area contributed by atoms with Crippen LogP contribution >= 0.6 is 0 Å². The van der Waals surface area contributed by atoms with E-state index in [9.17, 15) is 0 Å².